The summed E-state index contributed by atoms with van der Waals surface area (Å²) in [6.07, 6.45) is 3.23. The summed E-state index contributed by atoms with van der Waals surface area (Å²) in [7, 11) is 2.96. The third-order valence-electron chi connectivity index (χ3n) is 3.60. The Hall–Kier alpha value is -3.49. The molecular weight excluding hydrogens is 326 g/mol. The first kappa shape index (κ1) is 16.4. The smallest absolute Gasteiger partial charge is 0.419 e. The monoisotopic (exact) mass is 341 g/mol. The van der Waals surface area contributed by atoms with Gasteiger partial charge in [0.2, 0.25) is 0 Å². The first-order valence-corrected chi connectivity index (χ1v) is 7.30. The van der Waals surface area contributed by atoms with Crippen molar-refractivity contribution in [1.82, 2.24) is 20.0 Å². The fourth-order valence-corrected chi connectivity index (χ4v) is 2.53. The van der Waals surface area contributed by atoms with Gasteiger partial charge in [-0.2, -0.15) is 4.68 Å². The van der Waals surface area contributed by atoms with Crippen molar-refractivity contribution in [3.8, 4) is 28.4 Å². The molecule has 0 aliphatic heterocycles. The highest BCUT2D eigenvalue weighted by Crippen LogP contribution is 2.42. The first-order valence-electron chi connectivity index (χ1n) is 7.30. The fourth-order valence-electron chi connectivity index (χ4n) is 2.53. The van der Waals surface area contributed by atoms with Crippen LogP contribution in [0.5, 0.6) is 11.5 Å². The molecule has 0 spiro atoms. The van der Waals surface area contributed by atoms with E-state index in [4.69, 9.17) is 9.47 Å². The van der Waals surface area contributed by atoms with Crippen LogP contribution in [-0.2, 0) is 0 Å². The highest BCUT2D eigenvalue weighted by molar-refractivity contribution is 5.80. The van der Waals surface area contributed by atoms with Crippen LogP contribution in [0, 0.1) is 17.0 Å². The lowest BCUT2D eigenvalue weighted by atomic mass is 10.1. The normalized spacial score (nSPS) is 10.5. The Morgan fingerprint density at radius 2 is 1.84 bits per heavy atom. The Balaban J connectivity index is 2.36. The number of ether oxygens (including phenoxy) is 2. The van der Waals surface area contributed by atoms with Crippen LogP contribution in [0.2, 0.25) is 0 Å². The minimum Gasteiger partial charge on any atom is -0.496 e. The van der Waals surface area contributed by atoms with E-state index in [0.717, 1.165) is 5.56 Å². The number of benzene rings is 1. The van der Waals surface area contributed by atoms with E-state index in [1.165, 1.54) is 18.9 Å². The maximum atomic E-state index is 11.5. The maximum Gasteiger partial charge on any atom is 0.419 e. The van der Waals surface area contributed by atoms with Gasteiger partial charge in [-0.05, 0) is 35.6 Å². The van der Waals surface area contributed by atoms with Crippen molar-refractivity contribution in [2.75, 3.05) is 14.2 Å². The molecule has 9 heteroatoms. The van der Waals surface area contributed by atoms with E-state index in [1.807, 2.05) is 6.92 Å². The number of rotatable bonds is 5. The summed E-state index contributed by atoms with van der Waals surface area (Å²) in [6.45, 7) is 1.87. The molecule has 2 aromatic heterocycles. The molecule has 0 saturated carbocycles. The third-order valence-corrected chi connectivity index (χ3v) is 3.60. The predicted molar refractivity (Wildman–Crippen MR) is 89.1 cm³/mol. The fraction of sp³-hybridized carbons (Fsp3) is 0.188. The van der Waals surface area contributed by atoms with Gasteiger partial charge in [-0.1, -0.05) is 6.07 Å². The van der Waals surface area contributed by atoms with Crippen molar-refractivity contribution >= 4 is 5.82 Å². The largest absolute Gasteiger partial charge is 0.496 e. The lowest BCUT2D eigenvalue weighted by Gasteiger charge is -2.13. The van der Waals surface area contributed by atoms with Gasteiger partial charge in [-0.3, -0.25) is 4.98 Å². The molecule has 128 valence electrons. The zero-order valence-corrected chi connectivity index (χ0v) is 13.8. The van der Waals surface area contributed by atoms with Crippen molar-refractivity contribution in [3.05, 3.63) is 52.3 Å². The van der Waals surface area contributed by atoms with Crippen molar-refractivity contribution < 1.29 is 14.4 Å². The van der Waals surface area contributed by atoms with Crippen molar-refractivity contribution in [2.24, 2.45) is 0 Å². The highest BCUT2D eigenvalue weighted by Gasteiger charge is 2.31. The van der Waals surface area contributed by atoms with Crippen molar-refractivity contribution in [1.29, 1.82) is 0 Å². The third kappa shape index (κ3) is 2.87. The second kappa shape index (κ2) is 6.56. The highest BCUT2D eigenvalue weighted by atomic mass is 16.6. The molecule has 1 aromatic carbocycles. The Morgan fingerprint density at radius 1 is 1.16 bits per heavy atom. The molecule has 3 rings (SSSR count). The molecule has 0 fully saturated rings. The zero-order chi connectivity index (χ0) is 18.0. The Labute approximate surface area is 143 Å². The molecule has 0 unspecified atom stereocenters. The number of nitro groups is 1. The minimum absolute atomic E-state index is 0.159. The first-order chi connectivity index (χ1) is 12.1. The van der Waals surface area contributed by atoms with Crippen LogP contribution in [0.15, 0.2) is 36.7 Å². The molecule has 0 aliphatic carbocycles. The maximum absolute atomic E-state index is 11.5. The predicted octanol–water partition coefficient (Wildman–Crippen LogP) is 2.56. The molecule has 0 N–H and O–H groups in total. The van der Waals surface area contributed by atoms with Gasteiger partial charge in [-0.15, -0.1) is 0 Å². The molecule has 0 saturated heterocycles. The summed E-state index contributed by atoms with van der Waals surface area (Å²) in [5.74, 6) is 0.419. The second-order valence-corrected chi connectivity index (χ2v) is 5.19. The van der Waals surface area contributed by atoms with Crippen LogP contribution in [0.4, 0.5) is 5.82 Å². The SMILES string of the molecule is COc1cccc(OC)c1-c1c([N+](=O)[O-])nnn1-c1cncc(C)c1. The van der Waals surface area contributed by atoms with E-state index < -0.39 is 10.7 Å². The van der Waals surface area contributed by atoms with Gasteiger partial charge in [0, 0.05) is 6.20 Å². The number of aryl methyl sites for hydroxylation is 1. The summed E-state index contributed by atoms with van der Waals surface area (Å²) >= 11 is 0. The standard InChI is InChI=1S/C16H15N5O4/c1-10-7-11(9-17-8-10)20-15(16(18-19-20)21(22)23)14-12(24-2)5-4-6-13(14)25-3/h4-9H,1-3H3. The lowest BCUT2D eigenvalue weighted by Crippen LogP contribution is -2.04. The van der Waals surface area contributed by atoms with Crippen LogP contribution in [-0.4, -0.2) is 39.1 Å². The van der Waals surface area contributed by atoms with Gasteiger partial charge >= 0.3 is 5.82 Å². The summed E-state index contributed by atoms with van der Waals surface area (Å²) < 4.78 is 12.1. The average molecular weight is 341 g/mol. The van der Waals surface area contributed by atoms with Gasteiger partial charge in [0.25, 0.3) is 0 Å². The minimum atomic E-state index is -0.589. The van der Waals surface area contributed by atoms with Gasteiger partial charge in [0.15, 0.2) is 5.69 Å². The lowest BCUT2D eigenvalue weighted by molar-refractivity contribution is -0.388. The van der Waals surface area contributed by atoms with Crippen LogP contribution in [0.3, 0.4) is 0 Å². The van der Waals surface area contributed by atoms with Crippen molar-refractivity contribution in [3.63, 3.8) is 0 Å². The van der Waals surface area contributed by atoms with E-state index in [9.17, 15) is 10.1 Å². The quantitative estimate of drug-likeness (QED) is 0.518. The second-order valence-electron chi connectivity index (χ2n) is 5.19. The molecule has 0 atom stereocenters. The average Bonchev–Trinajstić information content (AvgIpc) is 3.05. The summed E-state index contributed by atoms with van der Waals surface area (Å²) in [6, 6.07) is 6.91. The summed E-state index contributed by atoms with van der Waals surface area (Å²) in [5, 5.41) is 19.2. The van der Waals surface area contributed by atoms with Gasteiger partial charge < -0.3 is 19.6 Å². The molecule has 0 aliphatic rings. The molecule has 0 radical (unpaired) electrons. The molecule has 2 heterocycles. The Bertz CT molecular complexity index is 916. The van der Waals surface area contributed by atoms with Crippen LogP contribution >= 0.6 is 0 Å². The molecule has 0 amide bonds. The van der Waals surface area contributed by atoms with E-state index in [1.54, 1.807) is 36.7 Å². The number of aromatic nitrogens is 4. The summed E-state index contributed by atoms with van der Waals surface area (Å²) in [4.78, 5) is 15.0. The van der Waals surface area contributed by atoms with Crippen molar-refractivity contribution in [2.45, 2.75) is 6.92 Å². The number of nitrogens with zero attached hydrogens (tertiary/aromatic N) is 5. The molecule has 0 bridgehead atoms. The van der Waals surface area contributed by atoms with Crippen LogP contribution in [0.1, 0.15) is 5.56 Å². The summed E-state index contributed by atoms with van der Waals surface area (Å²) in [5.41, 5.74) is 1.98. The van der Waals surface area contributed by atoms with E-state index in [0.29, 0.717) is 22.7 Å². The Morgan fingerprint density at radius 3 is 2.40 bits per heavy atom. The molecule has 25 heavy (non-hydrogen) atoms. The van der Waals surface area contributed by atoms with Gasteiger partial charge in [0.05, 0.1) is 36.9 Å². The van der Waals surface area contributed by atoms with Crippen LogP contribution in [0.25, 0.3) is 16.9 Å². The van der Waals surface area contributed by atoms with Gasteiger partial charge in [0.1, 0.15) is 16.6 Å². The molecule has 3 aromatic rings. The number of methoxy groups -OCH3 is 2. The number of hydrogen-bond acceptors (Lipinski definition) is 7. The number of pyridine rings is 1. The Kier molecular flexibility index (Phi) is 4.29. The zero-order valence-electron chi connectivity index (χ0n) is 13.8. The van der Waals surface area contributed by atoms with Gasteiger partial charge in [-0.25, -0.2) is 0 Å². The van der Waals surface area contributed by atoms with E-state index >= 15 is 0 Å². The number of hydrogen-bond donors (Lipinski definition) is 0. The molecule has 9 nitrogen and oxygen atoms in total. The van der Waals surface area contributed by atoms with E-state index in [-0.39, 0.29) is 5.69 Å². The van der Waals surface area contributed by atoms with E-state index in [2.05, 4.69) is 15.3 Å². The molecular formula is C16H15N5O4. The topological polar surface area (TPSA) is 105 Å². The van der Waals surface area contributed by atoms with Crippen LogP contribution < -0.4 is 9.47 Å².